The van der Waals surface area contributed by atoms with Crippen molar-refractivity contribution in [3.8, 4) is 0 Å². The van der Waals surface area contributed by atoms with Crippen LogP contribution in [0.25, 0.3) is 0 Å². The Labute approximate surface area is 140 Å². The number of hydrogen-bond acceptors (Lipinski definition) is 2. The van der Waals surface area contributed by atoms with Crippen LogP contribution in [0.3, 0.4) is 0 Å². The van der Waals surface area contributed by atoms with Gasteiger partial charge in [-0.05, 0) is 69.1 Å². The first-order valence-corrected chi connectivity index (χ1v) is 9.84. The highest BCUT2D eigenvalue weighted by Gasteiger charge is 2.18. The predicted octanol–water partition coefficient (Wildman–Crippen LogP) is 4.75. The minimum absolute atomic E-state index is 0.791. The summed E-state index contributed by atoms with van der Waals surface area (Å²) in [5, 5.41) is 0. The van der Waals surface area contributed by atoms with Gasteiger partial charge in [-0.25, -0.2) is 0 Å². The fourth-order valence-electron chi connectivity index (χ4n) is 3.19. The number of hydrogen-bond donors (Lipinski definition) is 0. The summed E-state index contributed by atoms with van der Waals surface area (Å²) in [6.07, 6.45) is 5.62. The number of rotatable bonds is 10. The molecule has 0 bridgehead atoms. The van der Waals surface area contributed by atoms with Gasteiger partial charge in [0.05, 0.1) is 0 Å². The molecule has 2 atom stereocenters. The SMILES string of the molecule is CC(C)C(C)CN(CCCN1CCCCC1)CC(C)C(C)C. The molecule has 0 radical (unpaired) electrons. The summed E-state index contributed by atoms with van der Waals surface area (Å²) in [7, 11) is 0. The molecule has 1 heterocycles. The van der Waals surface area contributed by atoms with Crippen LogP contribution in [0.15, 0.2) is 0 Å². The Bertz CT molecular complexity index is 253. The summed E-state index contributed by atoms with van der Waals surface area (Å²) in [5.74, 6) is 3.18. The quantitative estimate of drug-likeness (QED) is 0.574. The Kier molecular flexibility index (Phi) is 9.66. The van der Waals surface area contributed by atoms with Gasteiger partial charge in [-0.1, -0.05) is 48.0 Å². The van der Waals surface area contributed by atoms with Crippen molar-refractivity contribution in [1.82, 2.24) is 9.80 Å². The van der Waals surface area contributed by atoms with Crippen LogP contribution in [0, 0.1) is 23.7 Å². The highest BCUT2D eigenvalue weighted by molar-refractivity contribution is 4.71. The molecule has 0 N–H and O–H groups in total. The molecule has 2 unspecified atom stereocenters. The van der Waals surface area contributed by atoms with Crippen LogP contribution in [-0.2, 0) is 0 Å². The standard InChI is InChI=1S/C20H42N2/c1-17(2)19(5)15-22(16-20(6)18(3)4)14-10-13-21-11-8-7-9-12-21/h17-20H,7-16H2,1-6H3. The third-order valence-electron chi connectivity index (χ3n) is 5.77. The average molecular weight is 311 g/mol. The lowest BCUT2D eigenvalue weighted by Gasteiger charge is -2.32. The van der Waals surface area contributed by atoms with Crippen molar-refractivity contribution < 1.29 is 0 Å². The molecule has 0 aromatic heterocycles. The first-order valence-electron chi connectivity index (χ1n) is 9.84. The summed E-state index contributed by atoms with van der Waals surface area (Å²) < 4.78 is 0. The molecule has 1 rings (SSSR count). The first-order chi connectivity index (χ1) is 10.4. The molecule has 0 saturated carbocycles. The van der Waals surface area contributed by atoms with Gasteiger partial charge < -0.3 is 9.80 Å². The van der Waals surface area contributed by atoms with Gasteiger partial charge in [0.15, 0.2) is 0 Å². The largest absolute Gasteiger partial charge is 0.303 e. The predicted molar refractivity (Wildman–Crippen MR) is 99.4 cm³/mol. The molecule has 1 fully saturated rings. The van der Waals surface area contributed by atoms with Gasteiger partial charge in [0.2, 0.25) is 0 Å². The Hall–Kier alpha value is -0.0800. The molecule has 1 saturated heterocycles. The second-order valence-corrected chi connectivity index (χ2v) is 8.46. The Balaban J connectivity index is 2.38. The van der Waals surface area contributed by atoms with E-state index in [0.29, 0.717) is 0 Å². The molecule has 132 valence electrons. The lowest BCUT2D eigenvalue weighted by molar-refractivity contribution is 0.155. The van der Waals surface area contributed by atoms with Crippen molar-refractivity contribution in [3.05, 3.63) is 0 Å². The van der Waals surface area contributed by atoms with Gasteiger partial charge in [-0.15, -0.1) is 0 Å². The lowest BCUT2D eigenvalue weighted by Crippen LogP contribution is -2.38. The lowest BCUT2D eigenvalue weighted by atomic mass is 9.94. The maximum Gasteiger partial charge on any atom is 0.000959 e. The molecular formula is C20H42N2. The van der Waals surface area contributed by atoms with Gasteiger partial charge >= 0.3 is 0 Å². The van der Waals surface area contributed by atoms with E-state index >= 15 is 0 Å². The zero-order chi connectivity index (χ0) is 16.5. The molecule has 1 aliphatic rings. The minimum Gasteiger partial charge on any atom is -0.303 e. The van der Waals surface area contributed by atoms with Gasteiger partial charge in [-0.2, -0.15) is 0 Å². The van der Waals surface area contributed by atoms with Gasteiger partial charge in [0.1, 0.15) is 0 Å². The molecule has 22 heavy (non-hydrogen) atoms. The zero-order valence-electron chi connectivity index (χ0n) is 16.3. The Morgan fingerprint density at radius 3 is 1.73 bits per heavy atom. The van der Waals surface area contributed by atoms with Gasteiger partial charge in [0, 0.05) is 13.1 Å². The van der Waals surface area contributed by atoms with Crippen LogP contribution in [0.1, 0.15) is 67.2 Å². The van der Waals surface area contributed by atoms with E-state index in [1.54, 1.807) is 0 Å². The zero-order valence-corrected chi connectivity index (χ0v) is 16.3. The number of likely N-dealkylation sites (tertiary alicyclic amines) is 1. The molecule has 1 aliphatic heterocycles. The van der Waals surface area contributed by atoms with E-state index in [1.807, 2.05) is 0 Å². The van der Waals surface area contributed by atoms with Gasteiger partial charge in [0.25, 0.3) is 0 Å². The van der Waals surface area contributed by atoms with Crippen LogP contribution in [0.4, 0.5) is 0 Å². The number of nitrogens with zero attached hydrogens (tertiary/aromatic N) is 2. The van der Waals surface area contributed by atoms with Crippen molar-refractivity contribution in [2.75, 3.05) is 39.3 Å². The topological polar surface area (TPSA) is 6.48 Å². The van der Waals surface area contributed by atoms with E-state index < -0.39 is 0 Å². The molecule has 0 aliphatic carbocycles. The fraction of sp³-hybridized carbons (Fsp3) is 1.00. The summed E-state index contributed by atoms with van der Waals surface area (Å²) in [6, 6.07) is 0. The van der Waals surface area contributed by atoms with E-state index in [1.165, 1.54) is 65.0 Å². The van der Waals surface area contributed by atoms with Crippen molar-refractivity contribution >= 4 is 0 Å². The van der Waals surface area contributed by atoms with E-state index in [-0.39, 0.29) is 0 Å². The van der Waals surface area contributed by atoms with E-state index in [2.05, 4.69) is 51.3 Å². The summed E-state index contributed by atoms with van der Waals surface area (Å²) in [6.45, 7) is 22.1. The summed E-state index contributed by atoms with van der Waals surface area (Å²) in [5.41, 5.74) is 0. The van der Waals surface area contributed by atoms with Crippen molar-refractivity contribution in [3.63, 3.8) is 0 Å². The second kappa shape index (κ2) is 10.6. The highest BCUT2D eigenvalue weighted by atomic mass is 15.1. The normalized spacial score (nSPS) is 20.0. The Morgan fingerprint density at radius 2 is 1.27 bits per heavy atom. The maximum atomic E-state index is 2.75. The molecular weight excluding hydrogens is 268 g/mol. The average Bonchev–Trinajstić information content (AvgIpc) is 2.47. The third kappa shape index (κ3) is 7.97. The van der Waals surface area contributed by atoms with E-state index in [0.717, 1.165) is 23.7 Å². The number of piperidine rings is 1. The third-order valence-corrected chi connectivity index (χ3v) is 5.77. The molecule has 2 nitrogen and oxygen atoms in total. The van der Waals surface area contributed by atoms with Crippen LogP contribution in [0.2, 0.25) is 0 Å². The van der Waals surface area contributed by atoms with E-state index in [9.17, 15) is 0 Å². The summed E-state index contributed by atoms with van der Waals surface area (Å²) >= 11 is 0. The van der Waals surface area contributed by atoms with Crippen LogP contribution >= 0.6 is 0 Å². The molecule has 0 spiro atoms. The fourth-order valence-corrected chi connectivity index (χ4v) is 3.19. The highest BCUT2D eigenvalue weighted by Crippen LogP contribution is 2.17. The van der Waals surface area contributed by atoms with Crippen LogP contribution in [0.5, 0.6) is 0 Å². The van der Waals surface area contributed by atoms with Crippen LogP contribution < -0.4 is 0 Å². The van der Waals surface area contributed by atoms with Gasteiger partial charge in [-0.3, -0.25) is 0 Å². The molecule has 0 amide bonds. The summed E-state index contributed by atoms with van der Waals surface area (Å²) in [4.78, 5) is 5.43. The smallest absolute Gasteiger partial charge is 0.000959 e. The van der Waals surface area contributed by atoms with Crippen molar-refractivity contribution in [2.45, 2.75) is 67.2 Å². The molecule has 2 heteroatoms. The molecule has 0 aromatic rings. The van der Waals surface area contributed by atoms with Crippen LogP contribution in [-0.4, -0.2) is 49.1 Å². The van der Waals surface area contributed by atoms with E-state index in [4.69, 9.17) is 0 Å². The Morgan fingerprint density at radius 1 is 0.773 bits per heavy atom. The van der Waals surface area contributed by atoms with Crippen molar-refractivity contribution in [2.24, 2.45) is 23.7 Å². The monoisotopic (exact) mass is 310 g/mol. The minimum atomic E-state index is 0.791. The first kappa shape index (κ1) is 20.0. The molecule has 0 aromatic carbocycles. The second-order valence-electron chi connectivity index (χ2n) is 8.46. The maximum absolute atomic E-state index is 2.75. The van der Waals surface area contributed by atoms with Crippen molar-refractivity contribution in [1.29, 1.82) is 0 Å².